The second-order valence-corrected chi connectivity index (χ2v) is 18.5. The normalized spacial score (nSPS) is 27.6. The average molecular weight is 795 g/mol. The van der Waals surface area contributed by atoms with Crippen LogP contribution in [0.15, 0.2) is 36.5 Å². The second-order valence-electron chi connectivity index (χ2n) is 18.5. The number of aromatic nitrogens is 2. The maximum atomic E-state index is 14.3. The first-order chi connectivity index (χ1) is 27.9. The molecule has 0 radical (unpaired) electrons. The third kappa shape index (κ3) is 8.59. The highest BCUT2D eigenvalue weighted by Crippen LogP contribution is 2.43. The molecular weight excluding hydrogens is 729 g/mol. The minimum absolute atomic E-state index is 0.0104. The number of esters is 1. The van der Waals surface area contributed by atoms with E-state index in [1.54, 1.807) is 12.1 Å². The molecule has 58 heavy (non-hydrogen) atoms. The number of carbonyl (C=O) groups excluding carboxylic acids is 2. The Hall–Kier alpha value is -3.81. The summed E-state index contributed by atoms with van der Waals surface area (Å²) in [7, 11) is 3.94. The summed E-state index contributed by atoms with van der Waals surface area (Å²) in [6.07, 6.45) is 8.39. The van der Waals surface area contributed by atoms with E-state index in [-0.39, 0.29) is 30.6 Å². The summed E-state index contributed by atoms with van der Waals surface area (Å²) in [5.41, 5.74) is 12.1. The molecule has 3 aromatic rings. The van der Waals surface area contributed by atoms with Crippen LogP contribution < -0.4 is 15.6 Å². The largest absolute Gasteiger partial charge is 0.464 e. The predicted octanol–water partition coefficient (Wildman–Crippen LogP) is 5.51. The van der Waals surface area contributed by atoms with Crippen LogP contribution in [0.1, 0.15) is 83.2 Å². The maximum absolute atomic E-state index is 14.3. The number of pyridine rings is 1. The van der Waals surface area contributed by atoms with Gasteiger partial charge in [-0.3, -0.25) is 24.5 Å². The van der Waals surface area contributed by atoms with E-state index in [1.807, 2.05) is 6.20 Å². The van der Waals surface area contributed by atoms with Crippen molar-refractivity contribution in [1.82, 2.24) is 35.1 Å². The Morgan fingerprint density at radius 1 is 1.10 bits per heavy atom. The number of carbonyl (C=O) groups is 2. The lowest BCUT2D eigenvalue weighted by molar-refractivity contribution is -0.155. The molecule has 3 fully saturated rings. The number of methoxy groups -OCH3 is 1. The fourth-order valence-corrected chi connectivity index (χ4v) is 9.60. The molecule has 2 aromatic heterocycles. The average Bonchev–Trinajstić information content (AvgIpc) is 3.87. The number of cyclic esters (lactones) is 1. The number of piperazine rings is 1. The van der Waals surface area contributed by atoms with Crippen molar-refractivity contribution in [2.45, 2.75) is 91.5 Å². The number of hydrogen-bond acceptors (Lipinski definition) is 10. The van der Waals surface area contributed by atoms with Gasteiger partial charge in [0.1, 0.15) is 12.1 Å². The van der Waals surface area contributed by atoms with Gasteiger partial charge in [0, 0.05) is 87.9 Å². The molecule has 8 rings (SSSR count). The van der Waals surface area contributed by atoms with Crippen molar-refractivity contribution in [1.29, 1.82) is 0 Å². The molecule has 1 amide bonds. The van der Waals surface area contributed by atoms with Gasteiger partial charge in [0.25, 0.3) is 5.91 Å². The number of amides is 1. The van der Waals surface area contributed by atoms with Gasteiger partial charge in [-0.25, -0.2) is 5.43 Å². The number of benzene rings is 1. The van der Waals surface area contributed by atoms with Crippen molar-refractivity contribution < 1.29 is 19.1 Å². The van der Waals surface area contributed by atoms with Crippen LogP contribution >= 0.6 is 0 Å². The second kappa shape index (κ2) is 17.0. The minimum atomic E-state index is -0.567. The van der Waals surface area contributed by atoms with Gasteiger partial charge in [-0.1, -0.05) is 32.9 Å². The highest BCUT2D eigenvalue weighted by Gasteiger charge is 2.38. The number of ether oxygens (including phenoxy) is 2. The van der Waals surface area contributed by atoms with E-state index in [4.69, 9.17) is 14.5 Å². The van der Waals surface area contributed by atoms with Crippen LogP contribution in [-0.4, -0.2) is 128 Å². The molecule has 2 saturated heterocycles. The van der Waals surface area contributed by atoms with Gasteiger partial charge < -0.3 is 29.2 Å². The molecule has 1 unspecified atom stereocenters. The third-order valence-electron chi connectivity index (χ3n) is 13.5. The molecule has 0 spiro atoms. The lowest BCUT2D eigenvalue weighted by atomic mass is 9.84. The van der Waals surface area contributed by atoms with Gasteiger partial charge in [-0.2, -0.15) is 0 Å². The SMILES string of the molecule is CCn1c(-c2cc(N3CCN(C)CC3)cnc2[C@H](C)OC)c2c3cc(ccc31)C1=CCCN(C1)C[C@H](NC[C@H]1C[C@@H]1C)C(=O)N1CCC[C@H](N1)C(=O)OCC(C)(C)C2. The number of hydrogen-bond donors (Lipinski definition) is 2. The van der Waals surface area contributed by atoms with E-state index in [0.717, 1.165) is 87.8 Å². The highest BCUT2D eigenvalue weighted by molar-refractivity contribution is 5.95. The molecule has 6 bridgehead atoms. The van der Waals surface area contributed by atoms with Crippen molar-refractivity contribution in [2.24, 2.45) is 17.3 Å². The van der Waals surface area contributed by atoms with Crippen molar-refractivity contribution in [3.8, 4) is 11.3 Å². The highest BCUT2D eigenvalue weighted by atomic mass is 16.5. The molecule has 1 aromatic carbocycles. The summed E-state index contributed by atoms with van der Waals surface area (Å²) in [4.78, 5) is 40.5. The van der Waals surface area contributed by atoms with E-state index < -0.39 is 11.5 Å². The van der Waals surface area contributed by atoms with E-state index in [0.29, 0.717) is 37.8 Å². The van der Waals surface area contributed by atoms with Gasteiger partial charge in [-0.05, 0) is 106 Å². The fourth-order valence-electron chi connectivity index (χ4n) is 9.60. The summed E-state index contributed by atoms with van der Waals surface area (Å²) in [5, 5.41) is 6.59. The van der Waals surface area contributed by atoms with Crippen LogP contribution in [-0.2, 0) is 32.0 Å². The summed E-state index contributed by atoms with van der Waals surface area (Å²) in [6, 6.07) is 8.38. The molecule has 6 atom stereocenters. The predicted molar refractivity (Wildman–Crippen MR) is 230 cm³/mol. The van der Waals surface area contributed by atoms with Crippen LogP contribution in [0, 0.1) is 17.3 Å². The Morgan fingerprint density at radius 2 is 1.90 bits per heavy atom. The Kier molecular flexibility index (Phi) is 12.0. The summed E-state index contributed by atoms with van der Waals surface area (Å²) in [6.45, 7) is 19.6. The molecule has 12 heteroatoms. The Labute approximate surface area is 345 Å². The van der Waals surface area contributed by atoms with Crippen LogP contribution in [0.5, 0.6) is 0 Å². The number of likely N-dealkylation sites (N-methyl/N-ethyl adjacent to an activating group) is 1. The number of anilines is 1. The van der Waals surface area contributed by atoms with Gasteiger partial charge in [0.15, 0.2) is 0 Å². The lowest BCUT2D eigenvalue weighted by Crippen LogP contribution is -2.61. The summed E-state index contributed by atoms with van der Waals surface area (Å²) >= 11 is 0. The summed E-state index contributed by atoms with van der Waals surface area (Å²) < 4.78 is 14.7. The molecule has 5 aliphatic rings. The first-order valence-corrected chi connectivity index (χ1v) is 21.9. The number of rotatable bonds is 8. The van der Waals surface area contributed by atoms with Crippen LogP contribution in [0.4, 0.5) is 5.69 Å². The zero-order chi connectivity index (χ0) is 40.7. The fraction of sp³-hybridized carbons (Fsp3) is 0.630. The number of aryl methyl sites for hydroxylation is 1. The molecule has 314 valence electrons. The lowest BCUT2D eigenvalue weighted by Gasteiger charge is -2.37. The van der Waals surface area contributed by atoms with Gasteiger partial charge in [0.2, 0.25) is 0 Å². The Bertz CT molecular complexity index is 2020. The molecule has 12 nitrogen and oxygen atoms in total. The number of hydrazine groups is 1. The van der Waals surface area contributed by atoms with Crippen molar-refractivity contribution in [2.75, 3.05) is 84.6 Å². The number of nitrogens with one attached hydrogen (secondary N) is 2. The standard InChI is InChI=1S/C46H66N8O4/c1-8-53-41-14-13-32-22-36(41)38(43(53)37-23-35(26-48-42(37)31(3)57-7)52-19-17-50(6)18-20-52)24-46(4,5)29-58-45(56)39-12-10-16-54(49-39)44(55)40(47-25-34-21-30(34)2)28-51-15-9-11-33(32)27-51/h11,13-14,22-23,26,30-31,34,39-40,47,49H,8-10,12,15-21,24-25,27-29H2,1-7H3/t30-,31-,34+,39-,40-/m0/s1. The topological polar surface area (TPSA) is 107 Å². The van der Waals surface area contributed by atoms with Gasteiger partial charge >= 0.3 is 5.97 Å². The Balaban J connectivity index is 1.24. The molecule has 2 N–H and O–H groups in total. The van der Waals surface area contributed by atoms with E-state index in [9.17, 15) is 9.59 Å². The monoisotopic (exact) mass is 795 g/mol. The van der Waals surface area contributed by atoms with Crippen molar-refractivity contribution >= 4 is 34.0 Å². The summed E-state index contributed by atoms with van der Waals surface area (Å²) in [5.74, 6) is 1.01. The van der Waals surface area contributed by atoms with Crippen LogP contribution in [0.2, 0.25) is 0 Å². The van der Waals surface area contributed by atoms with Crippen LogP contribution in [0.25, 0.3) is 27.7 Å². The smallest absolute Gasteiger partial charge is 0.324 e. The molecule has 1 saturated carbocycles. The maximum Gasteiger partial charge on any atom is 0.324 e. The zero-order valence-corrected chi connectivity index (χ0v) is 36.0. The minimum Gasteiger partial charge on any atom is -0.464 e. The molecular formula is C46H66N8O4. The van der Waals surface area contributed by atoms with Gasteiger partial charge in [0.05, 0.1) is 36.0 Å². The molecule has 4 aliphatic heterocycles. The van der Waals surface area contributed by atoms with Crippen LogP contribution in [0.3, 0.4) is 0 Å². The molecule has 1 aliphatic carbocycles. The van der Waals surface area contributed by atoms with Gasteiger partial charge in [-0.15, -0.1) is 0 Å². The molecule has 6 heterocycles. The zero-order valence-electron chi connectivity index (χ0n) is 36.0. The van der Waals surface area contributed by atoms with E-state index >= 15 is 0 Å². The van der Waals surface area contributed by atoms with Crippen molar-refractivity contribution in [3.63, 3.8) is 0 Å². The third-order valence-corrected chi connectivity index (χ3v) is 13.5. The van der Waals surface area contributed by atoms with Crippen molar-refractivity contribution in [3.05, 3.63) is 53.4 Å². The number of nitrogens with zero attached hydrogens (tertiary/aromatic N) is 6. The first-order valence-electron chi connectivity index (χ1n) is 21.9. The Morgan fingerprint density at radius 3 is 2.64 bits per heavy atom. The first kappa shape index (κ1) is 40.9. The van der Waals surface area contributed by atoms with E-state index in [2.05, 4.69) is 102 Å². The number of fused-ring (bicyclic) bond motifs is 6. The quantitative estimate of drug-likeness (QED) is 0.284. The van der Waals surface area contributed by atoms with E-state index in [1.165, 1.54) is 34.0 Å².